The molecule has 1 aromatic carbocycles. The number of rotatable bonds is 2. The van der Waals surface area contributed by atoms with Crippen molar-refractivity contribution in [3.05, 3.63) is 35.2 Å². The van der Waals surface area contributed by atoms with Gasteiger partial charge in [0.2, 0.25) is 11.7 Å². The number of hydrogen-bond acceptors (Lipinski definition) is 4. The van der Waals surface area contributed by atoms with Crippen LogP contribution in [0.3, 0.4) is 0 Å². The van der Waals surface area contributed by atoms with Gasteiger partial charge in [0.05, 0.1) is 6.04 Å². The van der Waals surface area contributed by atoms with Crippen LogP contribution in [0.4, 0.5) is 0 Å². The van der Waals surface area contributed by atoms with Gasteiger partial charge in [-0.3, -0.25) is 0 Å². The standard InChI is InChI=1S/C13H14ClN3O/c14-10-6-4-9(5-7-10)12-16-13(18-17-12)11-3-1-2-8-15-11/h4-7,11,15H,1-3,8H2. The summed E-state index contributed by atoms with van der Waals surface area (Å²) in [5.74, 6) is 1.30. The van der Waals surface area contributed by atoms with Gasteiger partial charge in [-0.2, -0.15) is 4.98 Å². The highest BCUT2D eigenvalue weighted by Gasteiger charge is 2.21. The molecule has 1 fully saturated rings. The molecule has 0 radical (unpaired) electrons. The number of nitrogens with one attached hydrogen (secondary N) is 1. The largest absolute Gasteiger partial charge is 0.337 e. The van der Waals surface area contributed by atoms with Crippen molar-refractivity contribution in [1.82, 2.24) is 15.5 Å². The monoisotopic (exact) mass is 263 g/mol. The van der Waals surface area contributed by atoms with E-state index in [9.17, 15) is 0 Å². The minimum Gasteiger partial charge on any atom is -0.337 e. The first-order chi connectivity index (χ1) is 8.83. The van der Waals surface area contributed by atoms with Gasteiger partial charge in [0.1, 0.15) is 0 Å². The van der Waals surface area contributed by atoms with Crippen molar-refractivity contribution >= 4 is 11.6 Å². The Morgan fingerprint density at radius 3 is 2.78 bits per heavy atom. The van der Waals surface area contributed by atoms with Crippen LogP contribution >= 0.6 is 11.6 Å². The fourth-order valence-electron chi connectivity index (χ4n) is 2.16. The van der Waals surface area contributed by atoms with E-state index in [0.29, 0.717) is 16.7 Å². The summed E-state index contributed by atoms with van der Waals surface area (Å²) in [6, 6.07) is 7.64. The quantitative estimate of drug-likeness (QED) is 0.904. The number of nitrogens with zero attached hydrogens (tertiary/aromatic N) is 2. The maximum Gasteiger partial charge on any atom is 0.244 e. The summed E-state index contributed by atoms with van der Waals surface area (Å²) in [6.07, 6.45) is 3.48. The van der Waals surface area contributed by atoms with Crippen LogP contribution < -0.4 is 5.32 Å². The summed E-state index contributed by atoms with van der Waals surface area (Å²) in [4.78, 5) is 4.45. The topological polar surface area (TPSA) is 51.0 Å². The summed E-state index contributed by atoms with van der Waals surface area (Å²) in [5.41, 5.74) is 0.921. The van der Waals surface area contributed by atoms with Crippen molar-refractivity contribution in [2.75, 3.05) is 6.54 Å². The number of halogens is 1. The lowest BCUT2D eigenvalue weighted by molar-refractivity contribution is 0.297. The normalized spacial score (nSPS) is 19.9. The molecular weight excluding hydrogens is 250 g/mol. The van der Waals surface area contributed by atoms with Crippen molar-refractivity contribution < 1.29 is 4.52 Å². The van der Waals surface area contributed by atoms with E-state index in [1.807, 2.05) is 24.3 Å². The predicted molar refractivity (Wildman–Crippen MR) is 69.3 cm³/mol. The Hall–Kier alpha value is -1.39. The van der Waals surface area contributed by atoms with E-state index < -0.39 is 0 Å². The fourth-order valence-corrected chi connectivity index (χ4v) is 2.28. The van der Waals surface area contributed by atoms with Crippen LogP contribution in [-0.4, -0.2) is 16.7 Å². The molecule has 2 aromatic rings. The van der Waals surface area contributed by atoms with Crippen molar-refractivity contribution in [1.29, 1.82) is 0 Å². The van der Waals surface area contributed by atoms with Crippen LogP contribution in [0, 0.1) is 0 Å². The lowest BCUT2D eigenvalue weighted by Gasteiger charge is -2.19. The summed E-state index contributed by atoms with van der Waals surface area (Å²) in [7, 11) is 0. The average molecular weight is 264 g/mol. The highest BCUT2D eigenvalue weighted by atomic mass is 35.5. The van der Waals surface area contributed by atoms with Gasteiger partial charge in [-0.15, -0.1) is 0 Å². The molecule has 1 atom stereocenters. The molecule has 0 bridgehead atoms. The van der Waals surface area contributed by atoms with E-state index in [-0.39, 0.29) is 6.04 Å². The highest BCUT2D eigenvalue weighted by molar-refractivity contribution is 6.30. The molecule has 2 heterocycles. The van der Waals surface area contributed by atoms with Gasteiger partial charge >= 0.3 is 0 Å². The molecule has 1 unspecified atom stereocenters. The lowest BCUT2D eigenvalue weighted by atomic mass is 10.1. The minimum absolute atomic E-state index is 0.201. The molecule has 5 heteroatoms. The third-order valence-corrected chi connectivity index (χ3v) is 3.40. The van der Waals surface area contributed by atoms with E-state index in [1.54, 1.807) is 0 Å². The van der Waals surface area contributed by atoms with Crippen molar-refractivity contribution in [3.8, 4) is 11.4 Å². The smallest absolute Gasteiger partial charge is 0.244 e. The average Bonchev–Trinajstić information content (AvgIpc) is 2.90. The van der Waals surface area contributed by atoms with Crippen LogP contribution in [0.1, 0.15) is 31.2 Å². The molecular formula is C13H14ClN3O. The van der Waals surface area contributed by atoms with Crippen molar-refractivity contribution in [2.24, 2.45) is 0 Å². The Morgan fingerprint density at radius 2 is 2.06 bits per heavy atom. The zero-order valence-electron chi connectivity index (χ0n) is 9.90. The van der Waals surface area contributed by atoms with Gasteiger partial charge in [-0.05, 0) is 43.7 Å². The first-order valence-corrected chi connectivity index (χ1v) is 6.53. The molecule has 1 aromatic heterocycles. The molecule has 0 saturated carbocycles. The number of piperidine rings is 1. The molecule has 1 aliphatic heterocycles. The van der Waals surface area contributed by atoms with Crippen LogP contribution in [0.25, 0.3) is 11.4 Å². The first-order valence-electron chi connectivity index (χ1n) is 6.16. The van der Waals surface area contributed by atoms with Gasteiger partial charge < -0.3 is 9.84 Å². The third-order valence-electron chi connectivity index (χ3n) is 3.15. The van der Waals surface area contributed by atoms with E-state index in [4.69, 9.17) is 16.1 Å². The highest BCUT2D eigenvalue weighted by Crippen LogP contribution is 2.24. The zero-order chi connectivity index (χ0) is 12.4. The number of benzene rings is 1. The Kier molecular flexibility index (Phi) is 3.30. The van der Waals surface area contributed by atoms with Gasteiger partial charge in [0.25, 0.3) is 0 Å². The van der Waals surface area contributed by atoms with Gasteiger partial charge in [0, 0.05) is 10.6 Å². The third kappa shape index (κ3) is 2.40. The predicted octanol–water partition coefficient (Wildman–Crippen LogP) is 3.20. The van der Waals surface area contributed by atoms with Crippen LogP contribution in [-0.2, 0) is 0 Å². The molecule has 3 rings (SSSR count). The van der Waals surface area contributed by atoms with Crippen LogP contribution in [0.15, 0.2) is 28.8 Å². The zero-order valence-corrected chi connectivity index (χ0v) is 10.7. The lowest BCUT2D eigenvalue weighted by Crippen LogP contribution is -2.26. The van der Waals surface area contributed by atoms with Gasteiger partial charge in [-0.1, -0.05) is 23.2 Å². The molecule has 0 spiro atoms. The van der Waals surface area contributed by atoms with Gasteiger partial charge in [-0.25, -0.2) is 0 Å². The van der Waals surface area contributed by atoms with Crippen LogP contribution in [0.5, 0.6) is 0 Å². The summed E-state index contributed by atoms with van der Waals surface area (Å²) in [5, 5.41) is 8.12. The maximum atomic E-state index is 5.85. The maximum absolute atomic E-state index is 5.85. The molecule has 4 nitrogen and oxygen atoms in total. The number of hydrogen-bond donors (Lipinski definition) is 1. The molecule has 1 saturated heterocycles. The van der Waals surface area contributed by atoms with Crippen molar-refractivity contribution in [3.63, 3.8) is 0 Å². The number of aromatic nitrogens is 2. The van der Waals surface area contributed by atoms with Crippen molar-refractivity contribution in [2.45, 2.75) is 25.3 Å². The summed E-state index contributed by atoms with van der Waals surface area (Å²) < 4.78 is 5.33. The molecule has 94 valence electrons. The van der Waals surface area contributed by atoms with Crippen LogP contribution in [0.2, 0.25) is 5.02 Å². The Balaban J connectivity index is 1.82. The summed E-state index contributed by atoms with van der Waals surface area (Å²) >= 11 is 5.85. The Labute approximate surface area is 110 Å². The van der Waals surface area contributed by atoms with E-state index in [2.05, 4.69) is 15.5 Å². The van der Waals surface area contributed by atoms with Gasteiger partial charge in [0.15, 0.2) is 0 Å². The molecule has 18 heavy (non-hydrogen) atoms. The molecule has 0 amide bonds. The Morgan fingerprint density at radius 1 is 1.22 bits per heavy atom. The second kappa shape index (κ2) is 5.08. The van der Waals surface area contributed by atoms with E-state index in [1.165, 1.54) is 12.8 Å². The SMILES string of the molecule is Clc1ccc(-c2noc(C3CCCCN3)n2)cc1. The van der Waals surface area contributed by atoms with E-state index >= 15 is 0 Å². The minimum atomic E-state index is 0.201. The summed E-state index contributed by atoms with van der Waals surface area (Å²) in [6.45, 7) is 1.02. The first kappa shape index (κ1) is 11.7. The molecule has 0 aliphatic carbocycles. The molecule has 1 N–H and O–H groups in total. The molecule has 1 aliphatic rings. The second-order valence-corrected chi connectivity index (χ2v) is 4.90. The fraction of sp³-hybridized carbons (Fsp3) is 0.385. The van der Waals surface area contributed by atoms with E-state index in [0.717, 1.165) is 18.5 Å². The second-order valence-electron chi connectivity index (χ2n) is 4.47. The Bertz CT molecular complexity index is 517.